The third-order valence-corrected chi connectivity index (χ3v) is 4.04. The molecule has 2 saturated heterocycles. The fraction of sp³-hybridized carbons (Fsp3) is 0.833. The van der Waals surface area contributed by atoms with Gasteiger partial charge in [0.25, 0.3) is 0 Å². The average molecular weight is 271 g/mol. The number of piperazine rings is 1. The summed E-state index contributed by atoms with van der Waals surface area (Å²) in [4.78, 5) is 28.6. The molecule has 3 unspecified atom stereocenters. The van der Waals surface area contributed by atoms with E-state index in [4.69, 9.17) is 5.11 Å². The van der Waals surface area contributed by atoms with Crippen molar-refractivity contribution in [2.45, 2.75) is 31.5 Å². The van der Waals surface area contributed by atoms with Crippen LogP contribution >= 0.6 is 0 Å². The molecule has 19 heavy (non-hydrogen) atoms. The van der Waals surface area contributed by atoms with Crippen molar-refractivity contribution in [2.24, 2.45) is 0 Å². The molecular weight excluding hydrogens is 250 g/mol. The third kappa shape index (κ3) is 2.82. The van der Waals surface area contributed by atoms with Gasteiger partial charge in [-0.3, -0.25) is 0 Å². The van der Waals surface area contributed by atoms with Gasteiger partial charge in [0, 0.05) is 38.6 Å². The molecule has 2 N–H and O–H groups in total. The van der Waals surface area contributed by atoms with E-state index in [1.807, 2.05) is 14.0 Å². The Morgan fingerprint density at radius 3 is 2.47 bits per heavy atom. The molecule has 3 atom stereocenters. The number of aliphatic hydroxyl groups excluding tert-OH is 1. The predicted octanol–water partition coefficient (Wildman–Crippen LogP) is -0.738. The quantitative estimate of drug-likeness (QED) is 0.656. The zero-order valence-corrected chi connectivity index (χ0v) is 11.3. The first-order chi connectivity index (χ1) is 8.90. The highest BCUT2D eigenvalue weighted by atomic mass is 16.4. The van der Waals surface area contributed by atoms with Gasteiger partial charge in [0.05, 0.1) is 6.10 Å². The second-order valence-corrected chi connectivity index (χ2v) is 5.45. The fourth-order valence-electron chi connectivity index (χ4n) is 2.66. The van der Waals surface area contributed by atoms with E-state index in [0.29, 0.717) is 13.1 Å². The molecular formula is C12H21N3O4. The molecule has 0 aromatic carbocycles. The van der Waals surface area contributed by atoms with Crippen LogP contribution in [0.4, 0.5) is 4.79 Å². The fourth-order valence-corrected chi connectivity index (χ4v) is 2.66. The topological polar surface area (TPSA) is 84.3 Å². The number of likely N-dealkylation sites (tertiary alicyclic amines) is 1. The van der Waals surface area contributed by atoms with E-state index < -0.39 is 18.1 Å². The number of hydrogen-bond donors (Lipinski definition) is 2. The number of amides is 2. The molecule has 7 heteroatoms. The van der Waals surface area contributed by atoms with Gasteiger partial charge in [0.2, 0.25) is 0 Å². The lowest BCUT2D eigenvalue weighted by Crippen LogP contribution is -2.56. The van der Waals surface area contributed by atoms with Gasteiger partial charge in [0.1, 0.15) is 6.04 Å². The van der Waals surface area contributed by atoms with Crippen molar-refractivity contribution in [3.8, 4) is 0 Å². The smallest absolute Gasteiger partial charge is 0.326 e. The molecule has 0 spiro atoms. The minimum Gasteiger partial charge on any atom is -0.480 e. The van der Waals surface area contributed by atoms with E-state index in [-0.39, 0.29) is 25.0 Å². The van der Waals surface area contributed by atoms with E-state index in [0.717, 1.165) is 6.54 Å². The van der Waals surface area contributed by atoms with Gasteiger partial charge in [-0.05, 0) is 14.0 Å². The minimum atomic E-state index is -1.05. The second kappa shape index (κ2) is 5.34. The lowest BCUT2D eigenvalue weighted by Gasteiger charge is -2.39. The van der Waals surface area contributed by atoms with Crippen LogP contribution in [-0.4, -0.2) is 88.3 Å². The normalized spacial score (nSPS) is 32.7. The van der Waals surface area contributed by atoms with Gasteiger partial charge < -0.3 is 24.9 Å². The highest BCUT2D eigenvalue weighted by Crippen LogP contribution is 2.21. The van der Waals surface area contributed by atoms with E-state index in [2.05, 4.69) is 4.90 Å². The zero-order chi connectivity index (χ0) is 14.2. The first-order valence-corrected chi connectivity index (χ1v) is 6.56. The summed E-state index contributed by atoms with van der Waals surface area (Å²) in [5.41, 5.74) is 0. The van der Waals surface area contributed by atoms with Crippen molar-refractivity contribution >= 4 is 12.0 Å². The number of likely N-dealkylation sites (N-methyl/N-ethyl adjacent to an activating group) is 1. The molecule has 0 radical (unpaired) electrons. The summed E-state index contributed by atoms with van der Waals surface area (Å²) in [5, 5.41) is 18.7. The number of carboxylic acids is 1. The minimum absolute atomic E-state index is 0.108. The maximum absolute atomic E-state index is 12.4. The first-order valence-electron chi connectivity index (χ1n) is 6.56. The summed E-state index contributed by atoms with van der Waals surface area (Å²) in [6.45, 7) is 4.11. The molecule has 2 aliphatic rings. The zero-order valence-electron chi connectivity index (χ0n) is 11.3. The Bertz CT molecular complexity index is 376. The van der Waals surface area contributed by atoms with Gasteiger partial charge in [-0.1, -0.05) is 0 Å². The lowest BCUT2D eigenvalue weighted by molar-refractivity contribution is -0.141. The number of urea groups is 1. The maximum atomic E-state index is 12.4. The van der Waals surface area contributed by atoms with Crippen molar-refractivity contribution in [3.05, 3.63) is 0 Å². The largest absolute Gasteiger partial charge is 0.480 e. The number of β-amino-alcohol motifs (C(OH)–C–C–N with tert-alkyl or cyclic N) is 1. The second-order valence-electron chi connectivity index (χ2n) is 5.45. The van der Waals surface area contributed by atoms with Crippen molar-refractivity contribution in [2.75, 3.05) is 33.2 Å². The molecule has 0 aromatic rings. The number of nitrogens with zero attached hydrogens (tertiary/aromatic N) is 3. The number of rotatable bonds is 1. The molecule has 108 valence electrons. The van der Waals surface area contributed by atoms with Gasteiger partial charge in [-0.15, -0.1) is 0 Å². The summed E-state index contributed by atoms with van der Waals surface area (Å²) >= 11 is 0. The molecule has 2 heterocycles. The monoisotopic (exact) mass is 271 g/mol. The molecule has 2 fully saturated rings. The molecule has 2 rings (SSSR count). The van der Waals surface area contributed by atoms with Crippen molar-refractivity contribution < 1.29 is 19.8 Å². The number of carbonyl (C=O) groups is 2. The molecule has 2 amide bonds. The Hall–Kier alpha value is -1.34. The van der Waals surface area contributed by atoms with Crippen molar-refractivity contribution in [3.63, 3.8) is 0 Å². The van der Waals surface area contributed by atoms with Crippen LogP contribution in [0.2, 0.25) is 0 Å². The Morgan fingerprint density at radius 2 is 1.89 bits per heavy atom. The number of aliphatic hydroxyl groups is 1. The van der Waals surface area contributed by atoms with Crippen LogP contribution < -0.4 is 0 Å². The molecule has 2 aliphatic heterocycles. The summed E-state index contributed by atoms with van der Waals surface area (Å²) in [7, 11) is 2.01. The molecule has 0 aliphatic carbocycles. The molecule has 7 nitrogen and oxygen atoms in total. The third-order valence-electron chi connectivity index (χ3n) is 4.04. The number of carboxylic acid groups (broad SMARTS) is 1. The first kappa shape index (κ1) is 14.1. The van der Waals surface area contributed by atoms with Gasteiger partial charge >= 0.3 is 12.0 Å². The molecule has 0 saturated carbocycles. The standard InChI is InChI=1S/C12H21N3O4/c1-8-6-14(4-3-13(8)2)12(19)15-7-9(16)5-10(15)11(17)18/h8-10,16H,3-7H2,1-2H3,(H,17,18). The Morgan fingerprint density at radius 1 is 1.21 bits per heavy atom. The van der Waals surface area contributed by atoms with Crippen molar-refractivity contribution in [1.29, 1.82) is 0 Å². The van der Waals surface area contributed by atoms with Crippen LogP contribution in [0.3, 0.4) is 0 Å². The Labute approximate surface area is 112 Å². The van der Waals surface area contributed by atoms with Gasteiger partial charge in [-0.25, -0.2) is 9.59 Å². The molecule has 0 bridgehead atoms. The van der Waals surface area contributed by atoms with Crippen LogP contribution in [0.5, 0.6) is 0 Å². The van der Waals surface area contributed by atoms with Crippen LogP contribution in [0.15, 0.2) is 0 Å². The number of hydrogen-bond acceptors (Lipinski definition) is 4. The molecule has 0 aromatic heterocycles. The summed E-state index contributed by atoms with van der Waals surface area (Å²) in [5.74, 6) is -1.05. The van der Waals surface area contributed by atoms with Gasteiger partial charge in [-0.2, -0.15) is 0 Å². The van der Waals surface area contributed by atoms with E-state index >= 15 is 0 Å². The average Bonchev–Trinajstić information content (AvgIpc) is 2.74. The van der Waals surface area contributed by atoms with E-state index in [1.54, 1.807) is 4.90 Å². The lowest BCUT2D eigenvalue weighted by atomic mass is 10.2. The predicted molar refractivity (Wildman–Crippen MR) is 67.8 cm³/mol. The number of carbonyl (C=O) groups excluding carboxylic acids is 1. The highest BCUT2D eigenvalue weighted by Gasteiger charge is 2.41. The van der Waals surface area contributed by atoms with Crippen LogP contribution in [-0.2, 0) is 4.79 Å². The van der Waals surface area contributed by atoms with E-state index in [9.17, 15) is 14.7 Å². The van der Waals surface area contributed by atoms with Crippen LogP contribution in [0, 0.1) is 0 Å². The van der Waals surface area contributed by atoms with Crippen LogP contribution in [0.25, 0.3) is 0 Å². The summed E-state index contributed by atoms with van der Waals surface area (Å²) in [6.07, 6.45) is -0.625. The highest BCUT2D eigenvalue weighted by molar-refractivity contribution is 5.83. The Kier molecular flexibility index (Phi) is 3.96. The van der Waals surface area contributed by atoms with Crippen LogP contribution in [0.1, 0.15) is 13.3 Å². The Balaban J connectivity index is 2.04. The maximum Gasteiger partial charge on any atom is 0.326 e. The number of aliphatic carboxylic acids is 1. The SMILES string of the molecule is CC1CN(C(=O)N2CC(O)CC2C(=O)O)CCN1C. The summed E-state index contributed by atoms with van der Waals surface area (Å²) < 4.78 is 0. The summed E-state index contributed by atoms with van der Waals surface area (Å²) in [6, 6.07) is -0.921. The van der Waals surface area contributed by atoms with Crippen molar-refractivity contribution in [1.82, 2.24) is 14.7 Å². The van der Waals surface area contributed by atoms with Gasteiger partial charge in [0.15, 0.2) is 0 Å². The van der Waals surface area contributed by atoms with E-state index in [1.165, 1.54) is 4.90 Å².